The van der Waals surface area contributed by atoms with Gasteiger partial charge in [-0.2, -0.15) is 0 Å². The molecule has 0 aliphatic carbocycles. The molecule has 1 atom stereocenters. The lowest BCUT2D eigenvalue weighted by Crippen LogP contribution is -2.11. The Morgan fingerprint density at radius 2 is 2.08 bits per heavy atom. The fraction of sp³-hybridized carbons (Fsp3) is 0.778. The van der Waals surface area contributed by atoms with Crippen molar-refractivity contribution in [3.8, 4) is 0 Å². The van der Waals surface area contributed by atoms with Gasteiger partial charge < -0.3 is 4.74 Å². The van der Waals surface area contributed by atoms with Crippen molar-refractivity contribution in [2.45, 2.75) is 37.9 Å². The van der Waals surface area contributed by atoms with Crippen LogP contribution in [0.15, 0.2) is 0 Å². The van der Waals surface area contributed by atoms with Crippen LogP contribution in [-0.4, -0.2) is 23.2 Å². The predicted octanol–water partition coefficient (Wildman–Crippen LogP) is 2.07. The second-order valence-electron chi connectivity index (χ2n) is 2.78. The summed E-state index contributed by atoms with van der Waals surface area (Å²) in [6, 6.07) is 0. The molecule has 0 aromatic heterocycles. The third-order valence-electron chi connectivity index (χ3n) is 1.58. The number of ether oxygens (including phenoxy) is 1. The molecule has 0 bridgehead atoms. The molecule has 0 aliphatic heterocycles. The number of Topliss-reactive ketones (excluding diaryl/α,β-unsaturated/α-hetero) is 1. The molecule has 13 heavy (non-hydrogen) atoms. The summed E-state index contributed by atoms with van der Waals surface area (Å²) in [7, 11) is 0. The third-order valence-corrected chi connectivity index (χ3v) is 2.69. The number of esters is 1. The molecule has 0 fully saturated rings. The maximum atomic E-state index is 10.9. The van der Waals surface area contributed by atoms with Gasteiger partial charge in [0.1, 0.15) is 5.78 Å². The van der Waals surface area contributed by atoms with Crippen LogP contribution in [0.5, 0.6) is 0 Å². The number of hydrogen-bond donors (Lipinski definition) is 0. The molecule has 0 aromatic carbocycles. The van der Waals surface area contributed by atoms with Gasteiger partial charge in [-0.25, -0.2) is 0 Å². The first kappa shape index (κ1) is 12.6. The van der Waals surface area contributed by atoms with Gasteiger partial charge in [0.15, 0.2) is 0 Å². The molecular formula is C9H15BrO3. The van der Waals surface area contributed by atoms with E-state index in [4.69, 9.17) is 4.74 Å². The van der Waals surface area contributed by atoms with Crippen molar-refractivity contribution in [3.63, 3.8) is 0 Å². The normalized spacial score (nSPS) is 12.2. The molecule has 0 aliphatic rings. The molecule has 76 valence electrons. The van der Waals surface area contributed by atoms with E-state index >= 15 is 0 Å². The standard InChI is InChI=1S/C9H15BrO3/c1-3-13-9(12)6-4-5-8(10)7(2)11/h8H,3-6H2,1-2H3. The zero-order chi connectivity index (χ0) is 10.3. The zero-order valence-electron chi connectivity index (χ0n) is 8.01. The highest BCUT2D eigenvalue weighted by atomic mass is 79.9. The molecule has 0 amide bonds. The number of rotatable bonds is 6. The Bertz CT molecular complexity index is 180. The molecule has 0 spiro atoms. The molecule has 3 nitrogen and oxygen atoms in total. The van der Waals surface area contributed by atoms with Gasteiger partial charge >= 0.3 is 5.97 Å². The maximum Gasteiger partial charge on any atom is 0.305 e. The molecule has 0 rings (SSSR count). The van der Waals surface area contributed by atoms with Gasteiger partial charge in [-0.3, -0.25) is 9.59 Å². The lowest BCUT2D eigenvalue weighted by molar-refractivity contribution is -0.143. The highest BCUT2D eigenvalue weighted by Gasteiger charge is 2.10. The molecule has 0 N–H and O–H groups in total. The Morgan fingerprint density at radius 1 is 1.46 bits per heavy atom. The first-order valence-corrected chi connectivity index (χ1v) is 5.29. The Kier molecular flexibility index (Phi) is 6.86. The minimum atomic E-state index is -0.189. The van der Waals surface area contributed by atoms with Gasteiger partial charge in [-0.05, 0) is 26.7 Å². The highest BCUT2D eigenvalue weighted by Crippen LogP contribution is 2.11. The lowest BCUT2D eigenvalue weighted by Gasteiger charge is -2.04. The van der Waals surface area contributed by atoms with Crippen LogP contribution < -0.4 is 0 Å². The van der Waals surface area contributed by atoms with Crippen molar-refractivity contribution >= 4 is 27.7 Å². The van der Waals surface area contributed by atoms with Crippen molar-refractivity contribution in [1.29, 1.82) is 0 Å². The maximum absolute atomic E-state index is 10.9. The van der Waals surface area contributed by atoms with Crippen molar-refractivity contribution in [2.24, 2.45) is 0 Å². The van der Waals surface area contributed by atoms with Crippen LogP contribution in [0.25, 0.3) is 0 Å². The van der Waals surface area contributed by atoms with E-state index in [-0.39, 0.29) is 16.6 Å². The SMILES string of the molecule is CCOC(=O)CCCC(Br)C(C)=O. The zero-order valence-corrected chi connectivity index (χ0v) is 9.59. The number of hydrogen-bond acceptors (Lipinski definition) is 3. The van der Waals surface area contributed by atoms with E-state index in [0.717, 1.165) is 0 Å². The van der Waals surface area contributed by atoms with Crippen LogP contribution in [0.1, 0.15) is 33.1 Å². The first-order valence-electron chi connectivity index (χ1n) is 4.38. The summed E-state index contributed by atoms with van der Waals surface area (Å²) in [6.45, 7) is 3.73. The minimum absolute atomic E-state index is 0.101. The smallest absolute Gasteiger partial charge is 0.305 e. The second kappa shape index (κ2) is 7.06. The van der Waals surface area contributed by atoms with Crippen LogP contribution in [0, 0.1) is 0 Å². The number of carbonyl (C=O) groups is 2. The molecule has 0 radical (unpaired) electrons. The number of alkyl halides is 1. The van der Waals surface area contributed by atoms with Crippen molar-refractivity contribution in [1.82, 2.24) is 0 Å². The second-order valence-corrected chi connectivity index (χ2v) is 3.88. The van der Waals surface area contributed by atoms with Crippen LogP contribution in [-0.2, 0) is 14.3 Å². The van der Waals surface area contributed by atoms with Gasteiger partial charge in [0.05, 0.1) is 11.4 Å². The summed E-state index contributed by atoms with van der Waals surface area (Å²) in [5.74, 6) is -0.0883. The van der Waals surface area contributed by atoms with Crippen LogP contribution in [0.4, 0.5) is 0 Å². The quantitative estimate of drug-likeness (QED) is 0.536. The Balaban J connectivity index is 3.44. The van der Waals surface area contributed by atoms with Crippen molar-refractivity contribution in [3.05, 3.63) is 0 Å². The van der Waals surface area contributed by atoms with E-state index in [1.165, 1.54) is 6.92 Å². The minimum Gasteiger partial charge on any atom is -0.466 e. The summed E-state index contributed by atoms with van der Waals surface area (Å²) in [5, 5.41) is 0. The molecule has 0 heterocycles. The third kappa shape index (κ3) is 6.75. The Labute approximate surface area is 87.0 Å². The Hall–Kier alpha value is -0.380. The van der Waals surface area contributed by atoms with Gasteiger partial charge in [0.2, 0.25) is 0 Å². The van der Waals surface area contributed by atoms with Crippen LogP contribution in [0.3, 0.4) is 0 Å². The van der Waals surface area contributed by atoms with E-state index in [1.807, 2.05) is 0 Å². The average Bonchev–Trinajstić information content (AvgIpc) is 2.04. The summed E-state index contributed by atoms with van der Waals surface area (Å²) >= 11 is 3.23. The molecule has 0 aromatic rings. The molecule has 0 saturated heterocycles. The summed E-state index contributed by atoms with van der Waals surface area (Å²) in [6.07, 6.45) is 1.77. The largest absolute Gasteiger partial charge is 0.466 e. The summed E-state index contributed by atoms with van der Waals surface area (Å²) < 4.78 is 4.74. The van der Waals surface area contributed by atoms with Crippen LogP contribution in [0.2, 0.25) is 0 Å². The monoisotopic (exact) mass is 250 g/mol. The molecule has 1 unspecified atom stereocenters. The van der Waals surface area contributed by atoms with Crippen LogP contribution >= 0.6 is 15.9 Å². The van der Waals surface area contributed by atoms with E-state index in [2.05, 4.69) is 15.9 Å². The fourth-order valence-electron chi connectivity index (χ4n) is 0.862. The fourth-order valence-corrected chi connectivity index (χ4v) is 1.19. The first-order chi connectivity index (χ1) is 6.07. The van der Waals surface area contributed by atoms with Crippen molar-refractivity contribution in [2.75, 3.05) is 6.61 Å². The van der Waals surface area contributed by atoms with Gasteiger partial charge in [0, 0.05) is 6.42 Å². The number of carbonyl (C=O) groups excluding carboxylic acids is 2. The predicted molar refractivity (Wildman–Crippen MR) is 53.9 cm³/mol. The van der Waals surface area contributed by atoms with Crippen molar-refractivity contribution < 1.29 is 14.3 Å². The van der Waals surface area contributed by atoms with E-state index in [0.29, 0.717) is 25.9 Å². The molecular weight excluding hydrogens is 236 g/mol. The highest BCUT2D eigenvalue weighted by molar-refractivity contribution is 9.10. The molecule has 0 saturated carbocycles. The number of halogens is 1. The van der Waals surface area contributed by atoms with Gasteiger partial charge in [-0.15, -0.1) is 0 Å². The van der Waals surface area contributed by atoms with E-state index in [1.54, 1.807) is 6.92 Å². The topological polar surface area (TPSA) is 43.4 Å². The van der Waals surface area contributed by atoms with E-state index < -0.39 is 0 Å². The van der Waals surface area contributed by atoms with Gasteiger partial charge in [0.25, 0.3) is 0 Å². The number of ketones is 1. The Morgan fingerprint density at radius 3 is 2.54 bits per heavy atom. The van der Waals surface area contributed by atoms with Gasteiger partial charge in [-0.1, -0.05) is 15.9 Å². The molecule has 4 heteroatoms. The lowest BCUT2D eigenvalue weighted by atomic mass is 10.1. The average molecular weight is 251 g/mol. The summed E-state index contributed by atoms with van der Waals surface area (Å²) in [4.78, 5) is 21.5. The van der Waals surface area contributed by atoms with E-state index in [9.17, 15) is 9.59 Å². The summed E-state index contributed by atoms with van der Waals surface area (Å²) in [5.41, 5.74) is 0.